The third kappa shape index (κ3) is 2.13. The molecule has 140 valence electrons. The molecule has 0 radical (unpaired) electrons. The van der Waals surface area contributed by atoms with Crippen LogP contribution in [0.1, 0.15) is 24.1 Å². The number of nitrogens with zero attached hydrogens (tertiary/aromatic N) is 3. The predicted molar refractivity (Wildman–Crippen MR) is 99.0 cm³/mol. The standard InChI is InChI=1S/C21H16FN3O3/c1-11(26)18-16-17(19-15-8-3-2-5-12(15)10-23-25(18)19)21(28)24(20(16)27)14-7-4-6-13(22)9-14/h2-10,16-19H,1H3/t16-,17-,18-,19-/m1/s1. The Kier molecular flexibility index (Phi) is 3.49. The van der Waals surface area contributed by atoms with Crippen molar-refractivity contribution in [3.05, 3.63) is 65.5 Å². The number of ketones is 1. The van der Waals surface area contributed by atoms with Gasteiger partial charge in [-0.25, -0.2) is 9.29 Å². The van der Waals surface area contributed by atoms with Gasteiger partial charge in [0.25, 0.3) is 0 Å². The smallest absolute Gasteiger partial charge is 0.240 e. The van der Waals surface area contributed by atoms with Crippen LogP contribution >= 0.6 is 0 Å². The van der Waals surface area contributed by atoms with Crippen molar-refractivity contribution in [2.45, 2.75) is 19.0 Å². The van der Waals surface area contributed by atoms with Gasteiger partial charge in [0.1, 0.15) is 11.9 Å². The molecule has 0 spiro atoms. The first-order chi connectivity index (χ1) is 13.5. The molecule has 2 aromatic carbocycles. The molecule has 4 atom stereocenters. The van der Waals surface area contributed by atoms with Gasteiger partial charge < -0.3 is 0 Å². The van der Waals surface area contributed by atoms with E-state index in [1.165, 1.54) is 25.1 Å². The summed E-state index contributed by atoms with van der Waals surface area (Å²) in [6, 6.07) is 11.6. The molecule has 3 heterocycles. The highest BCUT2D eigenvalue weighted by atomic mass is 19.1. The summed E-state index contributed by atoms with van der Waals surface area (Å²) in [5.41, 5.74) is 1.90. The number of anilines is 1. The lowest BCUT2D eigenvalue weighted by molar-refractivity contribution is -0.129. The Labute approximate surface area is 160 Å². The largest absolute Gasteiger partial charge is 0.298 e. The van der Waals surface area contributed by atoms with E-state index in [2.05, 4.69) is 5.10 Å². The number of benzene rings is 2. The van der Waals surface area contributed by atoms with Crippen molar-refractivity contribution in [2.24, 2.45) is 16.9 Å². The zero-order valence-electron chi connectivity index (χ0n) is 14.9. The molecule has 2 amide bonds. The molecule has 3 aliphatic rings. The Balaban J connectivity index is 1.66. The molecule has 0 aliphatic carbocycles. The molecule has 5 rings (SSSR count). The lowest BCUT2D eigenvalue weighted by Gasteiger charge is -2.33. The van der Waals surface area contributed by atoms with Gasteiger partial charge in [0.2, 0.25) is 11.8 Å². The van der Waals surface area contributed by atoms with Crippen molar-refractivity contribution in [3.8, 4) is 0 Å². The van der Waals surface area contributed by atoms with Crippen LogP contribution in [0.3, 0.4) is 0 Å². The average molecular weight is 377 g/mol. The fourth-order valence-corrected chi connectivity index (χ4v) is 4.69. The van der Waals surface area contributed by atoms with Crippen LogP contribution < -0.4 is 4.90 Å². The maximum absolute atomic E-state index is 13.7. The average Bonchev–Trinajstić information content (AvgIpc) is 3.15. The number of hydrogen-bond acceptors (Lipinski definition) is 5. The van der Waals surface area contributed by atoms with Crippen LogP contribution in [0.15, 0.2) is 53.6 Å². The van der Waals surface area contributed by atoms with Crippen molar-refractivity contribution in [3.63, 3.8) is 0 Å². The number of fused-ring (bicyclic) bond motifs is 5. The van der Waals surface area contributed by atoms with E-state index in [1.807, 2.05) is 24.3 Å². The van der Waals surface area contributed by atoms with E-state index in [-0.39, 0.29) is 11.5 Å². The normalized spacial score (nSPS) is 27.6. The van der Waals surface area contributed by atoms with Gasteiger partial charge in [0, 0.05) is 0 Å². The molecular formula is C21H16FN3O3. The highest BCUT2D eigenvalue weighted by molar-refractivity contribution is 6.24. The van der Waals surface area contributed by atoms with Crippen molar-refractivity contribution in [1.82, 2.24) is 5.01 Å². The quantitative estimate of drug-likeness (QED) is 0.753. The number of rotatable bonds is 2. The minimum atomic E-state index is -0.846. The van der Waals surface area contributed by atoms with Crippen molar-refractivity contribution in [2.75, 3.05) is 4.90 Å². The molecule has 0 saturated carbocycles. The number of halogens is 1. The summed E-state index contributed by atoms with van der Waals surface area (Å²) in [5.74, 6) is -3.26. The Morgan fingerprint density at radius 2 is 1.79 bits per heavy atom. The zero-order valence-corrected chi connectivity index (χ0v) is 14.9. The van der Waals surface area contributed by atoms with Crippen LogP contribution in [0, 0.1) is 17.7 Å². The summed E-state index contributed by atoms with van der Waals surface area (Å²) in [6.07, 6.45) is 1.65. The first-order valence-electron chi connectivity index (χ1n) is 9.04. The summed E-state index contributed by atoms with van der Waals surface area (Å²) in [6.45, 7) is 1.41. The number of imide groups is 1. The number of hydrogen-bond donors (Lipinski definition) is 0. The minimum absolute atomic E-state index is 0.186. The van der Waals surface area contributed by atoms with Gasteiger partial charge in [0.15, 0.2) is 5.78 Å². The van der Waals surface area contributed by atoms with Crippen molar-refractivity contribution in [1.29, 1.82) is 0 Å². The van der Waals surface area contributed by atoms with E-state index in [1.54, 1.807) is 11.2 Å². The Bertz CT molecular complexity index is 1070. The van der Waals surface area contributed by atoms with Gasteiger partial charge >= 0.3 is 0 Å². The highest BCUT2D eigenvalue weighted by Gasteiger charge is 2.64. The summed E-state index contributed by atoms with van der Waals surface area (Å²) in [5, 5.41) is 6.00. The number of carbonyl (C=O) groups excluding carboxylic acids is 3. The van der Waals surface area contributed by atoms with E-state index in [4.69, 9.17) is 0 Å². The number of hydrazone groups is 1. The van der Waals surface area contributed by atoms with Gasteiger partial charge in [-0.15, -0.1) is 0 Å². The molecule has 2 aromatic rings. The molecule has 0 unspecified atom stereocenters. The topological polar surface area (TPSA) is 70.0 Å². The monoisotopic (exact) mass is 377 g/mol. The fourth-order valence-electron chi connectivity index (χ4n) is 4.69. The molecule has 0 bridgehead atoms. The third-order valence-corrected chi connectivity index (χ3v) is 5.78. The molecule has 7 heteroatoms. The maximum Gasteiger partial charge on any atom is 0.240 e. The second-order valence-electron chi connectivity index (χ2n) is 7.30. The molecule has 2 saturated heterocycles. The van der Waals surface area contributed by atoms with Crippen LogP contribution in [0.4, 0.5) is 10.1 Å². The summed E-state index contributed by atoms with van der Waals surface area (Å²) >= 11 is 0. The predicted octanol–water partition coefficient (Wildman–Crippen LogP) is 2.29. The molecule has 0 aromatic heterocycles. The summed E-state index contributed by atoms with van der Waals surface area (Å²) in [7, 11) is 0. The SMILES string of the molecule is CC(=O)[C@@H]1[C@@H]2C(=O)N(c3cccc(F)c3)C(=O)[C@H]2[C@H]2c3ccccc3C=NN12. The zero-order chi connectivity index (χ0) is 19.6. The molecule has 28 heavy (non-hydrogen) atoms. The summed E-state index contributed by atoms with van der Waals surface area (Å²) in [4.78, 5) is 40.0. The van der Waals surface area contributed by atoms with E-state index < -0.39 is 41.6 Å². The van der Waals surface area contributed by atoms with Crippen molar-refractivity contribution >= 4 is 29.5 Å². The first-order valence-corrected chi connectivity index (χ1v) is 9.04. The lowest BCUT2D eigenvalue weighted by atomic mass is 9.84. The molecular weight excluding hydrogens is 361 g/mol. The van der Waals surface area contributed by atoms with Crippen LogP contribution in [0.2, 0.25) is 0 Å². The Morgan fingerprint density at radius 3 is 2.54 bits per heavy atom. The second-order valence-corrected chi connectivity index (χ2v) is 7.30. The maximum atomic E-state index is 13.7. The minimum Gasteiger partial charge on any atom is -0.298 e. The van der Waals surface area contributed by atoms with Crippen LogP contribution in [0.5, 0.6) is 0 Å². The van der Waals surface area contributed by atoms with Gasteiger partial charge in [-0.3, -0.25) is 19.4 Å². The van der Waals surface area contributed by atoms with Gasteiger partial charge in [-0.2, -0.15) is 5.10 Å². The van der Waals surface area contributed by atoms with Gasteiger partial charge in [0.05, 0.1) is 29.8 Å². The van der Waals surface area contributed by atoms with Crippen molar-refractivity contribution < 1.29 is 18.8 Å². The lowest BCUT2D eigenvalue weighted by Crippen LogP contribution is -2.43. The van der Waals surface area contributed by atoms with E-state index >= 15 is 0 Å². The van der Waals surface area contributed by atoms with E-state index in [9.17, 15) is 18.8 Å². The number of amides is 2. The fraction of sp³-hybridized carbons (Fsp3) is 0.238. The van der Waals surface area contributed by atoms with Crippen LogP contribution in [-0.2, 0) is 14.4 Å². The van der Waals surface area contributed by atoms with Gasteiger partial charge in [-0.1, -0.05) is 30.3 Å². The number of Topliss-reactive ketones (excluding diaryl/α,β-unsaturated/α-hetero) is 1. The Morgan fingerprint density at radius 1 is 1.04 bits per heavy atom. The first kappa shape index (κ1) is 16.8. The highest BCUT2D eigenvalue weighted by Crippen LogP contribution is 2.52. The molecule has 6 nitrogen and oxygen atoms in total. The third-order valence-electron chi connectivity index (χ3n) is 5.78. The molecule has 3 aliphatic heterocycles. The van der Waals surface area contributed by atoms with Crippen LogP contribution in [0.25, 0.3) is 0 Å². The molecule has 2 fully saturated rings. The second kappa shape index (κ2) is 5.82. The van der Waals surface area contributed by atoms with E-state index in [0.29, 0.717) is 0 Å². The Hall–Kier alpha value is -3.35. The van der Waals surface area contributed by atoms with E-state index in [0.717, 1.165) is 22.1 Å². The number of carbonyl (C=O) groups is 3. The van der Waals surface area contributed by atoms with Crippen LogP contribution in [-0.4, -0.2) is 34.9 Å². The molecule has 0 N–H and O–H groups in total. The van der Waals surface area contributed by atoms with Gasteiger partial charge in [-0.05, 0) is 36.2 Å². The summed E-state index contributed by atoms with van der Waals surface area (Å²) < 4.78 is 13.7.